The van der Waals surface area contributed by atoms with E-state index >= 15 is 0 Å². The summed E-state index contributed by atoms with van der Waals surface area (Å²) in [6.07, 6.45) is 1.28. The summed E-state index contributed by atoms with van der Waals surface area (Å²) in [7, 11) is -2.33. The molecule has 37 heavy (non-hydrogen) atoms. The third-order valence-corrected chi connectivity index (χ3v) is 9.90. The number of thiophene rings is 1. The number of hydrogen-bond donors (Lipinski definition) is 0. The summed E-state index contributed by atoms with van der Waals surface area (Å²) < 4.78 is 40.0. The summed E-state index contributed by atoms with van der Waals surface area (Å²) in [5.41, 5.74) is 1.04. The van der Waals surface area contributed by atoms with Gasteiger partial charge in [-0.1, -0.05) is 30.7 Å². The van der Waals surface area contributed by atoms with Crippen LogP contribution in [-0.4, -0.2) is 56.4 Å². The molecule has 0 spiro atoms. The summed E-state index contributed by atoms with van der Waals surface area (Å²) in [6, 6.07) is 14.7. The first-order valence-corrected chi connectivity index (χ1v) is 14.8. The summed E-state index contributed by atoms with van der Waals surface area (Å²) >= 11 is 7.63. The highest BCUT2D eigenvalue weighted by Crippen LogP contribution is 2.35. The van der Waals surface area contributed by atoms with E-state index in [0.717, 1.165) is 12.0 Å². The smallest absolute Gasteiger partial charge is 0.243 e. The molecule has 0 saturated heterocycles. The van der Waals surface area contributed by atoms with Crippen molar-refractivity contribution in [1.29, 1.82) is 0 Å². The van der Waals surface area contributed by atoms with E-state index in [4.69, 9.17) is 21.1 Å². The number of para-hydroxylation sites is 2. The van der Waals surface area contributed by atoms with Gasteiger partial charge in [0.05, 0.1) is 24.6 Å². The number of amides is 1. The number of carbonyl (C=O) groups excluding carboxylic acids is 1. The van der Waals surface area contributed by atoms with Gasteiger partial charge >= 0.3 is 0 Å². The van der Waals surface area contributed by atoms with Crippen LogP contribution >= 0.6 is 22.9 Å². The molecular weight excluding hydrogens is 532 g/mol. The molecule has 198 valence electrons. The number of rotatable bonds is 10. The Labute approximate surface area is 227 Å². The quantitative estimate of drug-likeness (QED) is 0.330. The van der Waals surface area contributed by atoms with Crippen LogP contribution in [0.25, 0.3) is 0 Å². The van der Waals surface area contributed by atoms with Crippen LogP contribution in [0.2, 0.25) is 5.02 Å². The molecule has 10 heteroatoms. The fraction of sp³-hybridized carbons (Fsp3) is 0.370. The molecule has 1 aromatic heterocycles. The monoisotopic (exact) mass is 562 g/mol. The van der Waals surface area contributed by atoms with Crippen molar-refractivity contribution in [2.75, 3.05) is 26.8 Å². The Morgan fingerprint density at radius 1 is 1.16 bits per heavy atom. The number of methoxy groups -OCH3 is 1. The van der Waals surface area contributed by atoms with E-state index in [2.05, 4.69) is 0 Å². The van der Waals surface area contributed by atoms with Gasteiger partial charge in [0.25, 0.3) is 0 Å². The van der Waals surface area contributed by atoms with E-state index in [0.29, 0.717) is 29.5 Å². The largest absolute Gasteiger partial charge is 0.493 e. The lowest BCUT2D eigenvalue weighted by molar-refractivity contribution is -0.135. The van der Waals surface area contributed by atoms with Crippen LogP contribution in [-0.2, 0) is 21.2 Å². The second-order valence-corrected chi connectivity index (χ2v) is 12.2. The van der Waals surface area contributed by atoms with Gasteiger partial charge in [0, 0.05) is 22.5 Å². The molecule has 4 rings (SSSR count). The summed E-state index contributed by atoms with van der Waals surface area (Å²) in [5.74, 6) is 0.938. The lowest BCUT2D eigenvalue weighted by Gasteiger charge is -2.37. The number of nitrogens with zero attached hydrogens (tertiary/aromatic N) is 2. The number of halogens is 1. The molecule has 1 amide bonds. The van der Waals surface area contributed by atoms with Crippen LogP contribution in [0, 0.1) is 0 Å². The summed E-state index contributed by atoms with van der Waals surface area (Å²) in [5, 5.41) is 2.47. The molecule has 2 heterocycles. The Kier molecular flexibility index (Phi) is 8.79. The molecule has 7 nitrogen and oxygen atoms in total. The SMILES string of the molecule is CCC(C)N(CC(=O)N1CCc2sccc2C1COc1ccccc1OC)S(=O)(=O)c1ccc(Cl)cc1. The van der Waals surface area contributed by atoms with Crippen LogP contribution < -0.4 is 9.47 Å². The molecule has 0 bridgehead atoms. The average Bonchev–Trinajstić information content (AvgIpc) is 3.39. The molecule has 3 aromatic rings. The van der Waals surface area contributed by atoms with Gasteiger partial charge in [-0.05, 0) is 73.2 Å². The van der Waals surface area contributed by atoms with Crippen molar-refractivity contribution in [3.63, 3.8) is 0 Å². The van der Waals surface area contributed by atoms with Crippen LogP contribution in [0.15, 0.2) is 64.9 Å². The Morgan fingerprint density at radius 3 is 2.54 bits per heavy atom. The molecule has 0 radical (unpaired) electrons. The molecule has 0 aliphatic carbocycles. The standard InChI is InChI=1S/C27H31ClN2O5S2/c1-4-19(2)30(37(32,33)21-11-9-20(28)10-12-21)17-27(31)29-15-13-26-22(14-16-36-26)23(29)18-35-25-8-6-5-7-24(25)34-3/h5-12,14,16,19,23H,4,13,15,17-18H2,1-3H3. The number of ether oxygens (including phenoxy) is 2. The van der Waals surface area contributed by atoms with Crippen molar-refractivity contribution < 1.29 is 22.7 Å². The first-order chi connectivity index (χ1) is 17.8. The maximum absolute atomic E-state index is 13.8. The lowest BCUT2D eigenvalue weighted by Crippen LogP contribution is -2.49. The fourth-order valence-corrected chi connectivity index (χ4v) is 7.14. The second kappa shape index (κ2) is 11.9. The number of benzene rings is 2. The molecule has 2 aromatic carbocycles. The van der Waals surface area contributed by atoms with E-state index in [1.165, 1.54) is 21.3 Å². The van der Waals surface area contributed by atoms with Crippen LogP contribution in [0.5, 0.6) is 11.5 Å². The van der Waals surface area contributed by atoms with E-state index in [1.54, 1.807) is 35.5 Å². The molecule has 0 saturated carbocycles. The van der Waals surface area contributed by atoms with E-state index in [9.17, 15) is 13.2 Å². The number of hydrogen-bond acceptors (Lipinski definition) is 6. The Balaban J connectivity index is 1.60. The van der Waals surface area contributed by atoms with Gasteiger partial charge in [-0.25, -0.2) is 8.42 Å². The minimum Gasteiger partial charge on any atom is -0.493 e. The van der Waals surface area contributed by atoms with Crippen LogP contribution in [0.1, 0.15) is 36.8 Å². The zero-order chi connectivity index (χ0) is 26.6. The molecular formula is C27H31ClN2O5S2. The summed E-state index contributed by atoms with van der Waals surface area (Å²) in [4.78, 5) is 16.8. The van der Waals surface area contributed by atoms with Crippen LogP contribution in [0.4, 0.5) is 0 Å². The highest BCUT2D eigenvalue weighted by molar-refractivity contribution is 7.89. The van der Waals surface area contributed by atoms with Crippen molar-refractivity contribution >= 4 is 38.9 Å². The zero-order valence-electron chi connectivity index (χ0n) is 21.1. The number of fused-ring (bicyclic) bond motifs is 1. The van der Waals surface area contributed by atoms with Gasteiger partial charge < -0.3 is 14.4 Å². The Hall–Kier alpha value is -2.59. The number of carbonyl (C=O) groups is 1. The lowest BCUT2D eigenvalue weighted by atomic mass is 10.0. The predicted octanol–water partition coefficient (Wildman–Crippen LogP) is 5.40. The topological polar surface area (TPSA) is 76.2 Å². The van der Waals surface area contributed by atoms with Gasteiger partial charge in [0.2, 0.25) is 15.9 Å². The molecule has 2 atom stereocenters. The molecule has 1 aliphatic rings. The molecule has 1 aliphatic heterocycles. The van der Waals surface area contributed by atoms with Crippen molar-refractivity contribution in [3.8, 4) is 11.5 Å². The van der Waals surface area contributed by atoms with Crippen molar-refractivity contribution in [2.45, 2.75) is 43.7 Å². The van der Waals surface area contributed by atoms with E-state index < -0.39 is 10.0 Å². The van der Waals surface area contributed by atoms with Gasteiger partial charge in [-0.15, -0.1) is 11.3 Å². The second-order valence-electron chi connectivity index (χ2n) is 8.88. The summed E-state index contributed by atoms with van der Waals surface area (Å²) in [6.45, 7) is 4.17. The highest BCUT2D eigenvalue weighted by atomic mass is 35.5. The highest BCUT2D eigenvalue weighted by Gasteiger charge is 2.36. The fourth-order valence-electron chi connectivity index (χ4n) is 4.43. The molecule has 2 unspecified atom stereocenters. The van der Waals surface area contributed by atoms with Crippen molar-refractivity contribution in [3.05, 3.63) is 75.4 Å². The predicted molar refractivity (Wildman–Crippen MR) is 146 cm³/mol. The molecule has 0 fully saturated rings. The normalized spacial score (nSPS) is 16.4. The Bertz CT molecular complexity index is 1330. The zero-order valence-corrected chi connectivity index (χ0v) is 23.5. The van der Waals surface area contributed by atoms with E-state index in [-0.39, 0.29) is 36.0 Å². The minimum absolute atomic E-state index is 0.111. The van der Waals surface area contributed by atoms with Gasteiger partial charge in [-0.3, -0.25) is 4.79 Å². The maximum Gasteiger partial charge on any atom is 0.243 e. The van der Waals surface area contributed by atoms with Crippen LogP contribution in [0.3, 0.4) is 0 Å². The minimum atomic E-state index is -3.91. The third kappa shape index (κ3) is 5.95. The average molecular weight is 563 g/mol. The first-order valence-electron chi connectivity index (χ1n) is 12.1. The van der Waals surface area contributed by atoms with Gasteiger partial charge in [0.15, 0.2) is 11.5 Å². The Morgan fingerprint density at radius 2 is 1.86 bits per heavy atom. The van der Waals surface area contributed by atoms with Gasteiger partial charge in [-0.2, -0.15) is 4.31 Å². The van der Waals surface area contributed by atoms with Gasteiger partial charge in [0.1, 0.15) is 6.61 Å². The third-order valence-electron chi connectivity index (χ3n) is 6.67. The molecule has 0 N–H and O–H groups in total. The van der Waals surface area contributed by atoms with Crippen molar-refractivity contribution in [1.82, 2.24) is 9.21 Å². The first kappa shape index (κ1) is 27.4. The maximum atomic E-state index is 13.8. The van der Waals surface area contributed by atoms with E-state index in [1.807, 2.05) is 49.6 Å². The number of sulfonamides is 1. The van der Waals surface area contributed by atoms with Crippen molar-refractivity contribution in [2.24, 2.45) is 0 Å².